The molecule has 1 heterocycles. The van der Waals surface area contributed by atoms with Gasteiger partial charge < -0.3 is 20.1 Å². The Morgan fingerprint density at radius 2 is 2.21 bits per heavy atom. The van der Waals surface area contributed by atoms with Gasteiger partial charge in [-0.2, -0.15) is 0 Å². The molecule has 1 aromatic heterocycles. The lowest BCUT2D eigenvalue weighted by atomic mass is 10.4. The van der Waals surface area contributed by atoms with E-state index < -0.39 is 0 Å². The van der Waals surface area contributed by atoms with Crippen LogP contribution in [0.15, 0.2) is 23.3 Å². The molecule has 1 aromatic rings. The SMILES string of the molecule is CN=C(NCC(=O)NC)N(C)Cc1cccn1C.I. The van der Waals surface area contributed by atoms with Crippen LogP contribution in [0.1, 0.15) is 5.69 Å². The topological polar surface area (TPSA) is 61.7 Å². The molecule has 0 radical (unpaired) electrons. The first-order valence-electron chi connectivity index (χ1n) is 5.81. The molecule has 0 spiro atoms. The maximum absolute atomic E-state index is 11.2. The maximum Gasteiger partial charge on any atom is 0.239 e. The summed E-state index contributed by atoms with van der Waals surface area (Å²) in [5.41, 5.74) is 1.18. The van der Waals surface area contributed by atoms with Gasteiger partial charge in [0.15, 0.2) is 5.96 Å². The number of carbonyl (C=O) groups excluding carboxylic acids is 1. The van der Waals surface area contributed by atoms with Gasteiger partial charge in [-0.15, -0.1) is 24.0 Å². The summed E-state index contributed by atoms with van der Waals surface area (Å²) in [6.07, 6.45) is 2.00. The average Bonchev–Trinajstić information content (AvgIpc) is 2.75. The molecule has 0 unspecified atom stereocenters. The monoisotopic (exact) mass is 379 g/mol. The second-order valence-corrected chi connectivity index (χ2v) is 4.04. The van der Waals surface area contributed by atoms with Crippen molar-refractivity contribution in [3.63, 3.8) is 0 Å². The number of nitrogens with zero attached hydrogens (tertiary/aromatic N) is 3. The summed E-state index contributed by atoms with van der Waals surface area (Å²) in [6, 6.07) is 4.06. The first kappa shape index (κ1) is 17.8. The highest BCUT2D eigenvalue weighted by Crippen LogP contribution is 2.03. The molecule has 19 heavy (non-hydrogen) atoms. The zero-order chi connectivity index (χ0) is 13.5. The van der Waals surface area contributed by atoms with E-state index in [1.54, 1.807) is 14.1 Å². The van der Waals surface area contributed by atoms with E-state index in [9.17, 15) is 4.79 Å². The number of hydrogen-bond donors (Lipinski definition) is 2. The van der Waals surface area contributed by atoms with Gasteiger partial charge in [0.2, 0.25) is 5.91 Å². The molecule has 1 amide bonds. The van der Waals surface area contributed by atoms with Gasteiger partial charge in [-0.05, 0) is 12.1 Å². The summed E-state index contributed by atoms with van der Waals surface area (Å²) in [4.78, 5) is 17.3. The van der Waals surface area contributed by atoms with Crippen molar-refractivity contribution in [3.05, 3.63) is 24.0 Å². The molecule has 0 aromatic carbocycles. The standard InChI is InChI=1S/C12H21N5O.HI/c1-13-11(18)8-15-12(14-2)17(4)9-10-6-5-7-16(10)3;/h5-7H,8-9H2,1-4H3,(H,13,18)(H,14,15);1H. The van der Waals surface area contributed by atoms with Crippen molar-refractivity contribution >= 4 is 35.8 Å². The number of hydrogen-bond acceptors (Lipinski definition) is 2. The third-order valence-electron chi connectivity index (χ3n) is 2.71. The number of aromatic nitrogens is 1. The lowest BCUT2D eigenvalue weighted by Crippen LogP contribution is -2.43. The first-order chi connectivity index (χ1) is 8.58. The summed E-state index contributed by atoms with van der Waals surface area (Å²) < 4.78 is 2.06. The Labute approximate surface area is 131 Å². The highest BCUT2D eigenvalue weighted by atomic mass is 127. The Kier molecular flexibility index (Phi) is 8.21. The molecule has 0 fully saturated rings. The molecule has 0 atom stereocenters. The van der Waals surface area contributed by atoms with Crippen molar-refractivity contribution in [2.24, 2.45) is 12.0 Å². The Morgan fingerprint density at radius 3 is 2.68 bits per heavy atom. The Hall–Kier alpha value is -1.25. The lowest BCUT2D eigenvalue weighted by molar-refractivity contribution is -0.119. The van der Waals surface area contributed by atoms with Crippen LogP contribution in [0, 0.1) is 0 Å². The number of nitrogens with one attached hydrogen (secondary N) is 2. The summed E-state index contributed by atoms with van der Waals surface area (Å²) in [7, 11) is 7.25. The van der Waals surface area contributed by atoms with Gasteiger partial charge in [-0.3, -0.25) is 9.79 Å². The fourth-order valence-electron chi connectivity index (χ4n) is 1.61. The Bertz CT molecular complexity index is 430. The van der Waals surface area contributed by atoms with Gasteiger partial charge in [-0.1, -0.05) is 0 Å². The van der Waals surface area contributed by atoms with Crippen molar-refractivity contribution in [3.8, 4) is 0 Å². The number of guanidine groups is 1. The zero-order valence-electron chi connectivity index (χ0n) is 11.8. The van der Waals surface area contributed by atoms with Crippen molar-refractivity contribution < 1.29 is 4.79 Å². The molecule has 0 aliphatic carbocycles. The Balaban J connectivity index is 0.00000324. The van der Waals surface area contributed by atoms with Crippen LogP contribution in [-0.2, 0) is 18.4 Å². The highest BCUT2D eigenvalue weighted by molar-refractivity contribution is 14.0. The first-order valence-corrected chi connectivity index (χ1v) is 5.81. The maximum atomic E-state index is 11.2. The quantitative estimate of drug-likeness (QED) is 0.452. The predicted molar refractivity (Wildman–Crippen MR) is 87.7 cm³/mol. The second kappa shape index (κ2) is 8.78. The number of aliphatic imine (C=N–C) groups is 1. The lowest BCUT2D eigenvalue weighted by Gasteiger charge is -2.22. The van der Waals surface area contributed by atoms with Crippen LogP contribution < -0.4 is 10.6 Å². The van der Waals surface area contributed by atoms with Crippen LogP contribution in [0.4, 0.5) is 0 Å². The van der Waals surface area contributed by atoms with Crippen LogP contribution >= 0.6 is 24.0 Å². The van der Waals surface area contributed by atoms with Crippen molar-refractivity contribution in [2.45, 2.75) is 6.54 Å². The van der Waals surface area contributed by atoms with Gasteiger partial charge >= 0.3 is 0 Å². The fourth-order valence-corrected chi connectivity index (χ4v) is 1.61. The molecule has 2 N–H and O–H groups in total. The van der Waals surface area contributed by atoms with Gasteiger partial charge in [0.05, 0.1) is 13.1 Å². The molecule has 0 saturated heterocycles. The van der Waals surface area contributed by atoms with Gasteiger partial charge in [0.25, 0.3) is 0 Å². The molecule has 1 rings (SSSR count). The second-order valence-electron chi connectivity index (χ2n) is 4.04. The summed E-state index contributed by atoms with van der Waals surface area (Å²) >= 11 is 0. The van der Waals surface area contributed by atoms with Crippen molar-refractivity contribution in [1.29, 1.82) is 0 Å². The third kappa shape index (κ3) is 5.50. The van der Waals surface area contributed by atoms with Gasteiger partial charge in [0.1, 0.15) is 0 Å². The van der Waals surface area contributed by atoms with Gasteiger partial charge in [0, 0.05) is 40.1 Å². The normalized spacial score (nSPS) is 10.6. The molecule has 108 valence electrons. The number of carbonyl (C=O) groups is 1. The molecular weight excluding hydrogens is 357 g/mol. The number of halogens is 1. The predicted octanol–water partition coefficient (Wildman–Crippen LogP) is 0.396. The van der Waals surface area contributed by atoms with E-state index in [1.165, 1.54) is 5.69 Å². The average molecular weight is 379 g/mol. The Morgan fingerprint density at radius 1 is 1.53 bits per heavy atom. The van der Waals surface area contributed by atoms with E-state index in [2.05, 4.69) is 26.3 Å². The molecular formula is C12H22IN5O. The van der Waals surface area contributed by atoms with E-state index in [1.807, 2.05) is 31.3 Å². The largest absolute Gasteiger partial charge is 0.358 e. The number of likely N-dealkylation sites (N-methyl/N-ethyl adjacent to an activating group) is 1. The van der Waals surface area contributed by atoms with Gasteiger partial charge in [-0.25, -0.2) is 0 Å². The van der Waals surface area contributed by atoms with E-state index in [0.717, 1.165) is 6.54 Å². The van der Waals surface area contributed by atoms with E-state index in [4.69, 9.17) is 0 Å². The van der Waals surface area contributed by atoms with Crippen LogP contribution in [0.25, 0.3) is 0 Å². The molecule has 0 aliphatic heterocycles. The van der Waals surface area contributed by atoms with E-state index >= 15 is 0 Å². The molecule has 0 aliphatic rings. The third-order valence-corrected chi connectivity index (χ3v) is 2.71. The minimum Gasteiger partial charge on any atom is -0.358 e. The summed E-state index contributed by atoms with van der Waals surface area (Å²) in [5.74, 6) is 0.628. The van der Waals surface area contributed by atoms with E-state index in [0.29, 0.717) is 5.96 Å². The molecule has 0 bridgehead atoms. The van der Waals surface area contributed by atoms with Crippen LogP contribution in [0.5, 0.6) is 0 Å². The number of aryl methyl sites for hydroxylation is 1. The smallest absolute Gasteiger partial charge is 0.239 e. The number of amides is 1. The minimum atomic E-state index is -0.0663. The molecule has 7 heteroatoms. The fraction of sp³-hybridized carbons (Fsp3) is 0.500. The van der Waals surface area contributed by atoms with Crippen LogP contribution in [0.2, 0.25) is 0 Å². The molecule has 6 nitrogen and oxygen atoms in total. The van der Waals surface area contributed by atoms with Crippen LogP contribution in [0.3, 0.4) is 0 Å². The van der Waals surface area contributed by atoms with Crippen molar-refractivity contribution in [2.75, 3.05) is 27.7 Å². The highest BCUT2D eigenvalue weighted by Gasteiger charge is 2.09. The van der Waals surface area contributed by atoms with Crippen LogP contribution in [-0.4, -0.2) is 49.0 Å². The summed E-state index contributed by atoms with van der Waals surface area (Å²) in [5, 5.41) is 5.57. The van der Waals surface area contributed by atoms with E-state index in [-0.39, 0.29) is 36.4 Å². The zero-order valence-corrected chi connectivity index (χ0v) is 14.1. The van der Waals surface area contributed by atoms with Crippen molar-refractivity contribution in [1.82, 2.24) is 20.1 Å². The summed E-state index contributed by atoms with van der Waals surface area (Å²) in [6.45, 7) is 0.956. The molecule has 0 saturated carbocycles. The number of rotatable bonds is 4. The minimum absolute atomic E-state index is 0.